The van der Waals surface area contributed by atoms with E-state index >= 15 is 0 Å². The maximum Gasteiger partial charge on any atom is 0.227 e. The van der Waals surface area contributed by atoms with Crippen LogP contribution >= 0.6 is 0 Å². The number of carbonyl (C=O) groups excluding carboxylic acids is 1. The van der Waals surface area contributed by atoms with Gasteiger partial charge in [-0.25, -0.2) is 0 Å². The summed E-state index contributed by atoms with van der Waals surface area (Å²) in [6.07, 6.45) is 1.96. The lowest BCUT2D eigenvalue weighted by molar-refractivity contribution is -0.132. The average molecular weight is 335 g/mol. The third-order valence-electron chi connectivity index (χ3n) is 4.07. The number of rotatable bonds is 6. The molecular weight excluding hydrogens is 314 g/mol. The second-order valence-corrected chi connectivity index (χ2v) is 6.16. The average Bonchev–Trinajstić information content (AvgIpc) is 3.11. The van der Waals surface area contributed by atoms with Gasteiger partial charge in [-0.15, -0.1) is 0 Å². The zero-order valence-corrected chi connectivity index (χ0v) is 14.2. The van der Waals surface area contributed by atoms with Crippen LogP contribution in [0, 0.1) is 6.92 Å². The van der Waals surface area contributed by atoms with E-state index in [4.69, 9.17) is 4.42 Å². The molecule has 0 unspecified atom stereocenters. The first-order chi connectivity index (χ1) is 12.1. The molecule has 0 fully saturated rings. The number of phenols is 1. The molecule has 1 N–H and O–H groups in total. The van der Waals surface area contributed by atoms with E-state index in [9.17, 15) is 9.90 Å². The number of amides is 1. The summed E-state index contributed by atoms with van der Waals surface area (Å²) in [7, 11) is 0. The molecule has 0 saturated carbocycles. The molecule has 3 rings (SSSR count). The van der Waals surface area contributed by atoms with Crippen molar-refractivity contribution >= 4 is 5.91 Å². The standard InChI is InChI=1S/C21H21NO3/c1-16-4-6-17(7-5-16)13-21(24)22(15-20-3-2-12-25-20)14-18-8-10-19(23)11-9-18/h2-12,23H,13-15H2,1H3. The van der Waals surface area contributed by atoms with Crippen molar-refractivity contribution in [2.75, 3.05) is 0 Å². The van der Waals surface area contributed by atoms with Crippen LogP contribution in [0.2, 0.25) is 0 Å². The highest BCUT2D eigenvalue weighted by molar-refractivity contribution is 5.78. The molecule has 1 aromatic heterocycles. The van der Waals surface area contributed by atoms with Gasteiger partial charge >= 0.3 is 0 Å². The number of aromatic hydroxyl groups is 1. The summed E-state index contributed by atoms with van der Waals surface area (Å²) in [5.74, 6) is 0.997. The number of hydrogen-bond donors (Lipinski definition) is 1. The van der Waals surface area contributed by atoms with Crippen LogP contribution in [0.5, 0.6) is 5.75 Å². The maximum atomic E-state index is 12.8. The van der Waals surface area contributed by atoms with E-state index in [1.54, 1.807) is 23.3 Å². The second-order valence-electron chi connectivity index (χ2n) is 6.16. The Hall–Kier alpha value is -3.01. The Balaban J connectivity index is 1.75. The predicted molar refractivity (Wildman–Crippen MR) is 96.0 cm³/mol. The Morgan fingerprint density at radius 2 is 1.64 bits per heavy atom. The van der Waals surface area contributed by atoms with Crippen LogP contribution in [0.1, 0.15) is 22.5 Å². The fraction of sp³-hybridized carbons (Fsp3) is 0.190. The molecule has 0 bridgehead atoms. The first-order valence-electron chi connectivity index (χ1n) is 8.24. The largest absolute Gasteiger partial charge is 0.508 e. The van der Waals surface area contributed by atoms with Crippen LogP contribution in [-0.4, -0.2) is 15.9 Å². The number of nitrogens with zero attached hydrogens (tertiary/aromatic N) is 1. The molecule has 0 saturated heterocycles. The van der Waals surface area contributed by atoms with Crippen molar-refractivity contribution < 1.29 is 14.3 Å². The molecule has 0 aliphatic carbocycles. The highest BCUT2D eigenvalue weighted by atomic mass is 16.3. The molecule has 0 radical (unpaired) electrons. The second kappa shape index (κ2) is 7.71. The fourth-order valence-electron chi connectivity index (χ4n) is 2.64. The van der Waals surface area contributed by atoms with Gasteiger partial charge in [-0.2, -0.15) is 0 Å². The van der Waals surface area contributed by atoms with Gasteiger partial charge in [0.25, 0.3) is 0 Å². The smallest absolute Gasteiger partial charge is 0.227 e. The number of carbonyl (C=O) groups is 1. The van der Waals surface area contributed by atoms with E-state index in [-0.39, 0.29) is 11.7 Å². The molecule has 0 spiro atoms. The molecule has 0 aliphatic rings. The van der Waals surface area contributed by atoms with Gasteiger partial charge < -0.3 is 14.4 Å². The molecule has 128 valence electrons. The molecule has 3 aromatic rings. The summed E-state index contributed by atoms with van der Waals surface area (Å²) in [6.45, 7) is 2.91. The van der Waals surface area contributed by atoms with E-state index < -0.39 is 0 Å². The molecule has 25 heavy (non-hydrogen) atoms. The number of furan rings is 1. The van der Waals surface area contributed by atoms with Crippen LogP contribution in [0.15, 0.2) is 71.3 Å². The van der Waals surface area contributed by atoms with Crippen LogP contribution < -0.4 is 0 Å². The quantitative estimate of drug-likeness (QED) is 0.739. The van der Waals surface area contributed by atoms with E-state index in [2.05, 4.69) is 0 Å². The van der Waals surface area contributed by atoms with Crippen LogP contribution in [-0.2, 0) is 24.3 Å². The van der Waals surface area contributed by atoms with Crippen LogP contribution in [0.25, 0.3) is 0 Å². The SMILES string of the molecule is Cc1ccc(CC(=O)N(Cc2ccc(O)cc2)Cc2ccco2)cc1. The van der Waals surface area contributed by atoms with Gasteiger partial charge in [0.15, 0.2) is 0 Å². The van der Waals surface area contributed by atoms with Gasteiger partial charge in [0.2, 0.25) is 5.91 Å². The molecule has 1 heterocycles. The molecule has 0 aliphatic heterocycles. The van der Waals surface area contributed by atoms with Crippen LogP contribution in [0.4, 0.5) is 0 Å². The lowest BCUT2D eigenvalue weighted by Gasteiger charge is -2.22. The Labute approximate surface area is 147 Å². The van der Waals surface area contributed by atoms with Gasteiger partial charge in [-0.1, -0.05) is 42.0 Å². The number of hydrogen-bond acceptors (Lipinski definition) is 3. The maximum absolute atomic E-state index is 12.8. The fourth-order valence-corrected chi connectivity index (χ4v) is 2.64. The number of benzene rings is 2. The van der Waals surface area contributed by atoms with Gasteiger partial charge in [0.05, 0.1) is 19.2 Å². The Morgan fingerprint density at radius 1 is 0.960 bits per heavy atom. The lowest BCUT2D eigenvalue weighted by atomic mass is 10.1. The van der Waals surface area contributed by atoms with E-state index in [0.29, 0.717) is 19.5 Å². The third kappa shape index (κ3) is 4.73. The van der Waals surface area contributed by atoms with Gasteiger partial charge in [-0.05, 0) is 42.3 Å². The van der Waals surface area contributed by atoms with Crippen molar-refractivity contribution in [2.45, 2.75) is 26.4 Å². The van der Waals surface area contributed by atoms with Gasteiger partial charge in [-0.3, -0.25) is 4.79 Å². The van der Waals surface area contributed by atoms with Gasteiger partial charge in [0.1, 0.15) is 11.5 Å². The zero-order chi connectivity index (χ0) is 17.6. The molecule has 0 atom stereocenters. The van der Waals surface area contributed by atoms with Crippen molar-refractivity contribution in [1.29, 1.82) is 0 Å². The molecule has 2 aromatic carbocycles. The Morgan fingerprint density at radius 3 is 2.28 bits per heavy atom. The molecular formula is C21H21NO3. The minimum absolute atomic E-state index is 0.0355. The lowest BCUT2D eigenvalue weighted by Crippen LogP contribution is -2.31. The first-order valence-corrected chi connectivity index (χ1v) is 8.24. The van der Waals surface area contributed by atoms with Crippen LogP contribution in [0.3, 0.4) is 0 Å². The summed E-state index contributed by atoms with van der Waals surface area (Å²) >= 11 is 0. The predicted octanol–water partition coefficient (Wildman–Crippen LogP) is 4.07. The van der Waals surface area contributed by atoms with Crippen molar-refractivity contribution in [1.82, 2.24) is 4.90 Å². The summed E-state index contributed by atoms with van der Waals surface area (Å²) in [6, 6.07) is 18.6. The minimum Gasteiger partial charge on any atom is -0.508 e. The number of aryl methyl sites for hydroxylation is 1. The Kier molecular flexibility index (Phi) is 5.19. The zero-order valence-electron chi connectivity index (χ0n) is 14.2. The van der Waals surface area contributed by atoms with E-state index in [1.165, 1.54) is 5.56 Å². The van der Waals surface area contributed by atoms with E-state index in [1.807, 2.05) is 55.5 Å². The van der Waals surface area contributed by atoms with Crippen molar-refractivity contribution in [3.05, 3.63) is 89.4 Å². The third-order valence-corrected chi connectivity index (χ3v) is 4.07. The topological polar surface area (TPSA) is 53.7 Å². The van der Waals surface area contributed by atoms with Crippen molar-refractivity contribution in [3.8, 4) is 5.75 Å². The highest BCUT2D eigenvalue weighted by Gasteiger charge is 2.16. The summed E-state index contributed by atoms with van der Waals surface area (Å²) < 4.78 is 5.40. The van der Waals surface area contributed by atoms with Gasteiger partial charge in [0, 0.05) is 6.54 Å². The minimum atomic E-state index is 0.0355. The van der Waals surface area contributed by atoms with E-state index in [0.717, 1.165) is 16.9 Å². The summed E-state index contributed by atoms with van der Waals surface area (Å²) in [4.78, 5) is 14.6. The monoisotopic (exact) mass is 335 g/mol. The molecule has 4 heteroatoms. The molecule has 1 amide bonds. The highest BCUT2D eigenvalue weighted by Crippen LogP contribution is 2.16. The Bertz CT molecular complexity index is 805. The first kappa shape index (κ1) is 16.8. The number of phenolic OH excluding ortho intramolecular Hbond substituents is 1. The molecule has 4 nitrogen and oxygen atoms in total. The van der Waals surface area contributed by atoms with Crippen molar-refractivity contribution in [3.63, 3.8) is 0 Å². The van der Waals surface area contributed by atoms with Crippen molar-refractivity contribution in [2.24, 2.45) is 0 Å². The normalized spacial score (nSPS) is 10.6. The summed E-state index contributed by atoms with van der Waals surface area (Å²) in [5, 5.41) is 9.43. The summed E-state index contributed by atoms with van der Waals surface area (Å²) in [5.41, 5.74) is 3.13.